The molecular formula is S10. The molecule has 0 atom stereocenters. The lowest BCUT2D eigenvalue weighted by molar-refractivity contribution is 5.59. The Balaban J connectivity index is 2.00. The highest BCUT2D eigenvalue weighted by molar-refractivity contribution is 9.60. The quantitative estimate of drug-likeness (QED) is 0.452. The fourth-order valence-corrected chi connectivity index (χ4v) is 27.6. The Morgan fingerprint density at radius 3 is 0.400 bits per heavy atom. The van der Waals surface area contributed by atoms with Gasteiger partial charge in [-0.25, -0.2) is 0 Å². The maximum Gasteiger partial charge on any atom is 0 e. The number of hydrogen-bond donors (Lipinski definition) is 0. The van der Waals surface area contributed by atoms with Gasteiger partial charge in [0.15, 0.2) is 0 Å². The summed E-state index contributed by atoms with van der Waals surface area (Å²) < 4.78 is 0. The summed E-state index contributed by atoms with van der Waals surface area (Å²) in [5.74, 6) is 0. The van der Waals surface area contributed by atoms with Crippen LogP contribution in [0.2, 0.25) is 0 Å². The van der Waals surface area contributed by atoms with Crippen LogP contribution in [0.15, 0.2) is 0 Å². The zero-order valence-corrected chi connectivity index (χ0v) is 12.2. The highest BCUT2D eigenvalue weighted by Crippen LogP contribution is 2.66. The van der Waals surface area contributed by atoms with E-state index in [9.17, 15) is 0 Å². The molecule has 0 aromatic rings. The van der Waals surface area contributed by atoms with E-state index >= 15 is 0 Å². The molecule has 0 bridgehead atoms. The lowest BCUT2D eigenvalue weighted by atomic mass is 30.1. The summed E-state index contributed by atoms with van der Waals surface area (Å²) in [6.45, 7) is 0. The molecule has 10 heteroatoms. The Labute approximate surface area is 96.6 Å². The second kappa shape index (κ2) is 9.07. The molecule has 0 aromatic carbocycles. The summed E-state index contributed by atoms with van der Waals surface area (Å²) in [7, 11) is 18.3. The molecule has 60 valence electrons. The number of rotatable bonds is 0. The van der Waals surface area contributed by atoms with Gasteiger partial charge in [0.2, 0.25) is 0 Å². The van der Waals surface area contributed by atoms with Crippen LogP contribution >= 0.6 is 98.3 Å². The van der Waals surface area contributed by atoms with Crippen LogP contribution in [-0.4, -0.2) is 0 Å². The first-order valence-electron chi connectivity index (χ1n) is 1.67. The van der Waals surface area contributed by atoms with Crippen LogP contribution in [0.5, 0.6) is 0 Å². The van der Waals surface area contributed by atoms with Gasteiger partial charge in [-0.2, -0.15) is 0 Å². The maximum absolute atomic E-state index is 1.83. The Hall–Kier alpha value is 3.50. The van der Waals surface area contributed by atoms with Crippen molar-refractivity contribution in [2.24, 2.45) is 0 Å². The van der Waals surface area contributed by atoms with Gasteiger partial charge < -0.3 is 0 Å². The van der Waals surface area contributed by atoms with Gasteiger partial charge in [0.1, 0.15) is 0 Å². The largest absolute Gasteiger partial charge is 0 e. The molecular weight excluding hydrogens is 321 g/mol. The molecule has 0 nitrogen and oxygen atoms in total. The van der Waals surface area contributed by atoms with Crippen LogP contribution < -0.4 is 0 Å². The van der Waals surface area contributed by atoms with Crippen molar-refractivity contribution in [3.05, 3.63) is 0 Å². The van der Waals surface area contributed by atoms with Crippen LogP contribution in [0.3, 0.4) is 0 Å². The average molecular weight is 321 g/mol. The van der Waals surface area contributed by atoms with Crippen LogP contribution in [0.1, 0.15) is 0 Å². The van der Waals surface area contributed by atoms with Crippen molar-refractivity contribution in [2.75, 3.05) is 0 Å². The van der Waals surface area contributed by atoms with Gasteiger partial charge in [-0.15, -0.1) is 0 Å². The number of hydrogen-bond acceptors (Lipinski definition) is 10. The minimum Gasteiger partial charge on any atom is 0 e. The van der Waals surface area contributed by atoms with Crippen molar-refractivity contribution in [1.82, 2.24) is 0 Å². The molecule has 1 fully saturated rings. The second-order valence-electron chi connectivity index (χ2n) is 0.680. The van der Waals surface area contributed by atoms with E-state index in [1.165, 1.54) is 0 Å². The van der Waals surface area contributed by atoms with E-state index in [1.54, 1.807) is 0 Å². The molecule has 0 unspecified atom stereocenters. The maximum atomic E-state index is 1.83. The van der Waals surface area contributed by atoms with Gasteiger partial charge in [-0.05, 0) is 0 Å². The Morgan fingerprint density at radius 2 is 0.300 bits per heavy atom. The van der Waals surface area contributed by atoms with E-state index in [1.807, 2.05) is 98.3 Å². The molecule has 1 aliphatic heterocycles. The standard InChI is InChI=1S/S10/c1-2-4-6-8-10-9-7-5-3-1. The third-order valence-electron chi connectivity index (χ3n) is 0.278. The van der Waals surface area contributed by atoms with Crippen LogP contribution in [-0.2, 0) is 0 Å². The molecule has 1 rings (SSSR count). The first-order chi connectivity index (χ1) is 5.00. The zero-order chi connectivity index (χ0) is 7.07. The Bertz CT molecular complexity index is 33.2. The van der Waals surface area contributed by atoms with Crippen molar-refractivity contribution >= 4 is 98.3 Å². The fourth-order valence-electron chi connectivity index (χ4n) is 0.113. The molecule has 1 aliphatic rings. The van der Waals surface area contributed by atoms with Gasteiger partial charge in [-0.1, -0.05) is 0 Å². The van der Waals surface area contributed by atoms with Crippen LogP contribution in [0.4, 0.5) is 0 Å². The minimum absolute atomic E-state index is 1.83. The minimum atomic E-state index is 1.83. The predicted octanol–water partition coefficient (Wildman–Crippen LogP) is 6.48. The second-order valence-corrected chi connectivity index (χ2v) is 18.4. The summed E-state index contributed by atoms with van der Waals surface area (Å²) in [6, 6.07) is 0. The molecule has 0 radical (unpaired) electrons. The van der Waals surface area contributed by atoms with E-state index in [0.717, 1.165) is 0 Å². The van der Waals surface area contributed by atoms with Crippen molar-refractivity contribution in [3.63, 3.8) is 0 Å². The first kappa shape index (κ1) is 11.6. The monoisotopic (exact) mass is 320 g/mol. The average Bonchev–Trinajstić information content (AvgIpc) is 2.01. The van der Waals surface area contributed by atoms with E-state index in [-0.39, 0.29) is 0 Å². The van der Waals surface area contributed by atoms with Crippen molar-refractivity contribution in [1.29, 1.82) is 0 Å². The van der Waals surface area contributed by atoms with E-state index < -0.39 is 0 Å². The van der Waals surface area contributed by atoms with Crippen LogP contribution in [0.25, 0.3) is 0 Å². The van der Waals surface area contributed by atoms with Gasteiger partial charge in [-0.3, -0.25) is 0 Å². The molecule has 1 saturated heterocycles. The summed E-state index contributed by atoms with van der Waals surface area (Å²) in [5, 5.41) is 0. The zero-order valence-electron chi connectivity index (χ0n) is 4.08. The third kappa shape index (κ3) is 6.96. The van der Waals surface area contributed by atoms with Crippen molar-refractivity contribution in [3.8, 4) is 0 Å². The Kier molecular flexibility index (Phi) is 10.5. The first-order valence-corrected chi connectivity index (χ1v) is 15.0. The molecule has 0 aliphatic carbocycles. The van der Waals surface area contributed by atoms with Crippen molar-refractivity contribution < 1.29 is 0 Å². The molecule has 0 spiro atoms. The van der Waals surface area contributed by atoms with E-state index in [2.05, 4.69) is 0 Å². The topological polar surface area (TPSA) is 0 Å². The van der Waals surface area contributed by atoms with Gasteiger partial charge in [0, 0.05) is 98.3 Å². The summed E-state index contributed by atoms with van der Waals surface area (Å²) in [6.07, 6.45) is 0. The van der Waals surface area contributed by atoms with Crippen LogP contribution in [0, 0.1) is 0 Å². The molecule has 0 saturated carbocycles. The normalized spacial score (nSPS) is 24.0. The lowest BCUT2D eigenvalue weighted by Gasteiger charge is -2.00. The summed E-state index contributed by atoms with van der Waals surface area (Å²) in [4.78, 5) is 0. The lowest BCUT2D eigenvalue weighted by Crippen LogP contribution is -1.35. The molecule has 0 N–H and O–H groups in total. The Morgan fingerprint density at radius 1 is 0.200 bits per heavy atom. The molecule has 0 aromatic heterocycles. The van der Waals surface area contributed by atoms with E-state index in [4.69, 9.17) is 0 Å². The van der Waals surface area contributed by atoms with E-state index in [0.29, 0.717) is 0 Å². The highest BCUT2D eigenvalue weighted by atomic mass is 34.1. The fraction of sp³-hybridized carbons (Fsp3) is 0. The van der Waals surface area contributed by atoms with Gasteiger partial charge in [0.05, 0.1) is 0 Å². The summed E-state index contributed by atoms with van der Waals surface area (Å²) in [5.41, 5.74) is 0. The highest BCUT2D eigenvalue weighted by Gasteiger charge is 2.01. The SMILES string of the molecule is S1SSSSSSSSS1. The molecule has 0 amide bonds. The predicted molar refractivity (Wildman–Crippen MR) is 75.9 cm³/mol. The van der Waals surface area contributed by atoms with Crippen molar-refractivity contribution in [2.45, 2.75) is 0 Å². The smallest absolute Gasteiger partial charge is 0 e. The van der Waals surface area contributed by atoms with Gasteiger partial charge in [0.25, 0.3) is 0 Å². The molecule has 10 heavy (non-hydrogen) atoms. The summed E-state index contributed by atoms with van der Waals surface area (Å²) >= 11 is 0. The third-order valence-corrected chi connectivity index (χ3v) is 22.5. The molecule has 1 heterocycles. The van der Waals surface area contributed by atoms with Gasteiger partial charge >= 0.3 is 0 Å².